The summed E-state index contributed by atoms with van der Waals surface area (Å²) >= 11 is 0. The van der Waals surface area contributed by atoms with Crippen LogP contribution >= 0.6 is 0 Å². The lowest BCUT2D eigenvalue weighted by Gasteiger charge is -2.20. The van der Waals surface area contributed by atoms with Crippen LogP contribution in [0, 0.1) is 6.57 Å². The summed E-state index contributed by atoms with van der Waals surface area (Å²) in [5.74, 6) is 0. The topological polar surface area (TPSA) is 27.8 Å². The van der Waals surface area contributed by atoms with E-state index in [4.69, 9.17) is 6.57 Å². The third-order valence-corrected chi connectivity index (χ3v) is 3.71. The lowest BCUT2D eigenvalue weighted by molar-refractivity contribution is 0.198. The van der Waals surface area contributed by atoms with E-state index in [1.54, 1.807) is 0 Å². The predicted molar refractivity (Wildman–Crippen MR) is 81.0 cm³/mol. The Labute approximate surface area is 118 Å². The first-order chi connectivity index (χ1) is 9.78. The van der Waals surface area contributed by atoms with E-state index in [1.807, 2.05) is 48.5 Å². The molecule has 1 atom stereocenters. The van der Waals surface area contributed by atoms with Gasteiger partial charge in [-0.1, -0.05) is 36.4 Å². The largest absolute Gasteiger partial charge is 0.391 e. The highest BCUT2D eigenvalue weighted by Crippen LogP contribution is 2.35. The molecule has 0 amide bonds. The van der Waals surface area contributed by atoms with Crippen LogP contribution in [0.5, 0.6) is 0 Å². The predicted octanol–water partition coefficient (Wildman–Crippen LogP) is 3.48. The van der Waals surface area contributed by atoms with Crippen LogP contribution in [0.2, 0.25) is 0 Å². The Bertz CT molecular complexity index is 646. The molecule has 3 rings (SSSR count). The van der Waals surface area contributed by atoms with Crippen LogP contribution < -0.4 is 4.90 Å². The molecule has 20 heavy (non-hydrogen) atoms. The Morgan fingerprint density at radius 3 is 2.55 bits per heavy atom. The van der Waals surface area contributed by atoms with Crippen LogP contribution in [0.4, 0.5) is 11.4 Å². The smallest absolute Gasteiger partial charge is 0.210 e. The molecule has 1 aliphatic rings. The van der Waals surface area contributed by atoms with Gasteiger partial charge in [-0.2, -0.15) is 0 Å². The zero-order valence-corrected chi connectivity index (χ0v) is 11.2. The van der Waals surface area contributed by atoms with Gasteiger partial charge < -0.3 is 10.0 Å². The highest BCUT2D eigenvalue weighted by molar-refractivity contribution is 5.79. The van der Waals surface area contributed by atoms with E-state index >= 15 is 0 Å². The van der Waals surface area contributed by atoms with Crippen molar-refractivity contribution in [2.24, 2.45) is 0 Å². The molecule has 0 aliphatic carbocycles. The van der Waals surface area contributed by atoms with E-state index in [1.165, 1.54) is 0 Å². The van der Waals surface area contributed by atoms with E-state index in [0.717, 1.165) is 29.8 Å². The number of nitrogens with zero attached hydrogens (tertiary/aromatic N) is 2. The van der Waals surface area contributed by atoms with E-state index in [2.05, 4.69) is 9.74 Å². The lowest BCUT2D eigenvalue weighted by atomic mass is 10.0. The average molecular weight is 264 g/mol. The van der Waals surface area contributed by atoms with Crippen LogP contribution in [0.3, 0.4) is 0 Å². The fourth-order valence-corrected chi connectivity index (χ4v) is 2.65. The van der Waals surface area contributed by atoms with Gasteiger partial charge in [0.25, 0.3) is 0 Å². The molecule has 0 unspecified atom stereocenters. The van der Waals surface area contributed by atoms with Gasteiger partial charge in [0.2, 0.25) is 5.69 Å². The molecule has 1 fully saturated rings. The molecule has 0 spiro atoms. The maximum Gasteiger partial charge on any atom is 0.210 e. The Kier molecular flexibility index (Phi) is 3.41. The summed E-state index contributed by atoms with van der Waals surface area (Å²) in [4.78, 5) is 5.74. The van der Waals surface area contributed by atoms with Gasteiger partial charge in [0.05, 0.1) is 12.7 Å². The maximum atomic E-state index is 9.64. The van der Waals surface area contributed by atoms with Crippen molar-refractivity contribution in [1.82, 2.24) is 0 Å². The number of benzene rings is 2. The summed E-state index contributed by atoms with van der Waals surface area (Å²) in [5, 5.41) is 9.64. The van der Waals surface area contributed by atoms with E-state index < -0.39 is 0 Å². The number of β-amino-alcohol motifs (C(OH)–C–C–N with tert-alkyl or cyclic N) is 1. The normalized spacial score (nSPS) is 18.0. The first kappa shape index (κ1) is 12.7. The van der Waals surface area contributed by atoms with Crippen molar-refractivity contribution in [3.05, 3.63) is 59.9 Å². The van der Waals surface area contributed by atoms with E-state index in [9.17, 15) is 5.11 Å². The Morgan fingerprint density at radius 1 is 1.10 bits per heavy atom. The molecule has 1 N–H and O–H groups in total. The van der Waals surface area contributed by atoms with Crippen molar-refractivity contribution in [2.75, 3.05) is 18.0 Å². The molecule has 100 valence electrons. The van der Waals surface area contributed by atoms with Crippen molar-refractivity contribution in [3.8, 4) is 11.1 Å². The van der Waals surface area contributed by atoms with Gasteiger partial charge in [0.1, 0.15) is 0 Å². The van der Waals surface area contributed by atoms with Crippen LogP contribution in [-0.4, -0.2) is 24.3 Å². The fourth-order valence-electron chi connectivity index (χ4n) is 2.65. The molecule has 0 saturated carbocycles. The number of hydrogen-bond donors (Lipinski definition) is 1. The Morgan fingerprint density at radius 2 is 1.90 bits per heavy atom. The zero-order valence-electron chi connectivity index (χ0n) is 11.2. The van der Waals surface area contributed by atoms with Gasteiger partial charge in [-0.15, -0.1) is 0 Å². The van der Waals surface area contributed by atoms with Crippen LogP contribution in [0.15, 0.2) is 48.5 Å². The molecular formula is C17H16N2O. The van der Waals surface area contributed by atoms with Crippen molar-refractivity contribution in [3.63, 3.8) is 0 Å². The maximum absolute atomic E-state index is 9.64. The highest BCUT2D eigenvalue weighted by Gasteiger charge is 2.22. The summed E-state index contributed by atoms with van der Waals surface area (Å²) in [5.41, 5.74) is 3.75. The average Bonchev–Trinajstić information content (AvgIpc) is 2.94. The number of hydrogen-bond acceptors (Lipinski definition) is 2. The number of rotatable bonds is 2. The molecule has 0 aromatic heterocycles. The first-order valence-corrected chi connectivity index (χ1v) is 6.78. The minimum atomic E-state index is -0.276. The monoisotopic (exact) mass is 264 g/mol. The summed E-state index contributed by atoms with van der Waals surface area (Å²) in [6.45, 7) is 8.83. The molecule has 1 heterocycles. The quantitative estimate of drug-likeness (QED) is 0.841. The third kappa shape index (κ3) is 2.38. The molecule has 1 aliphatic heterocycles. The fraction of sp³-hybridized carbons (Fsp3) is 0.235. The minimum absolute atomic E-state index is 0.276. The Balaban J connectivity index is 1.97. The Hall–Kier alpha value is -2.31. The number of anilines is 1. The number of aliphatic hydroxyl groups excluding tert-OH is 1. The summed E-state index contributed by atoms with van der Waals surface area (Å²) in [6.07, 6.45) is 0.500. The van der Waals surface area contributed by atoms with Crippen LogP contribution in [0.25, 0.3) is 16.0 Å². The SMILES string of the molecule is [C-]#[N+]c1cc(-c2ccccc2)ccc1N1CC[C@H](O)C1. The van der Waals surface area contributed by atoms with Gasteiger partial charge >= 0.3 is 0 Å². The van der Waals surface area contributed by atoms with Gasteiger partial charge in [0, 0.05) is 18.8 Å². The second-order valence-corrected chi connectivity index (χ2v) is 5.07. The first-order valence-electron chi connectivity index (χ1n) is 6.78. The molecule has 0 bridgehead atoms. The molecule has 3 nitrogen and oxygen atoms in total. The van der Waals surface area contributed by atoms with Gasteiger partial charge in [0.15, 0.2) is 0 Å². The van der Waals surface area contributed by atoms with Gasteiger partial charge in [-0.05, 0) is 29.7 Å². The summed E-state index contributed by atoms with van der Waals surface area (Å²) in [6, 6.07) is 16.0. The van der Waals surface area contributed by atoms with Crippen LogP contribution in [-0.2, 0) is 0 Å². The van der Waals surface area contributed by atoms with E-state index in [0.29, 0.717) is 12.2 Å². The van der Waals surface area contributed by atoms with Crippen molar-refractivity contribution in [1.29, 1.82) is 0 Å². The minimum Gasteiger partial charge on any atom is -0.391 e. The third-order valence-electron chi connectivity index (χ3n) is 3.71. The van der Waals surface area contributed by atoms with Crippen molar-refractivity contribution < 1.29 is 5.11 Å². The molecule has 0 radical (unpaired) electrons. The number of aliphatic hydroxyl groups is 1. The van der Waals surface area contributed by atoms with Crippen LogP contribution in [0.1, 0.15) is 6.42 Å². The molecule has 1 saturated heterocycles. The van der Waals surface area contributed by atoms with E-state index in [-0.39, 0.29) is 6.10 Å². The molecule has 3 heteroatoms. The summed E-state index contributed by atoms with van der Waals surface area (Å²) in [7, 11) is 0. The second kappa shape index (κ2) is 5.36. The standard InChI is InChI=1S/C17H16N2O/c1-18-16-11-14(13-5-3-2-4-6-13)7-8-17(16)19-10-9-15(20)12-19/h2-8,11,15,20H,9-10,12H2/t15-/m0/s1. The molecular weight excluding hydrogens is 248 g/mol. The van der Waals surface area contributed by atoms with Crippen molar-refractivity contribution >= 4 is 11.4 Å². The summed E-state index contributed by atoms with van der Waals surface area (Å²) < 4.78 is 0. The molecule has 2 aromatic rings. The zero-order chi connectivity index (χ0) is 13.9. The molecule has 2 aromatic carbocycles. The van der Waals surface area contributed by atoms with Gasteiger partial charge in [-0.25, -0.2) is 4.85 Å². The highest BCUT2D eigenvalue weighted by atomic mass is 16.3. The van der Waals surface area contributed by atoms with Gasteiger partial charge in [-0.3, -0.25) is 0 Å². The lowest BCUT2D eigenvalue weighted by Crippen LogP contribution is -2.21. The van der Waals surface area contributed by atoms with Crippen molar-refractivity contribution in [2.45, 2.75) is 12.5 Å². The second-order valence-electron chi connectivity index (χ2n) is 5.07.